The summed E-state index contributed by atoms with van der Waals surface area (Å²) in [5.74, 6) is -0.356. The van der Waals surface area contributed by atoms with Gasteiger partial charge in [-0.1, -0.05) is 32.0 Å². The maximum atomic E-state index is 10.8. The number of benzene rings is 1. The molecule has 5 heteroatoms. The summed E-state index contributed by atoms with van der Waals surface area (Å²) in [7, 11) is 0. The van der Waals surface area contributed by atoms with Gasteiger partial charge >= 0.3 is 5.97 Å². The number of thiazole rings is 1. The van der Waals surface area contributed by atoms with Crippen molar-refractivity contribution in [2.24, 2.45) is 0 Å². The minimum absolute atomic E-state index is 0.121. The minimum Gasteiger partial charge on any atom is -0.481 e. The second-order valence-electron chi connectivity index (χ2n) is 5.23. The van der Waals surface area contributed by atoms with Crippen LogP contribution in [0.2, 0.25) is 0 Å². The SMILES string of the molecule is CC(C)c1nc(CN(CCC(=O)O)c2ccccc2)cs1. The molecule has 1 N–H and O–H groups in total. The second kappa shape index (κ2) is 7.22. The Morgan fingerprint density at radius 3 is 2.62 bits per heavy atom. The van der Waals surface area contributed by atoms with E-state index < -0.39 is 5.97 Å². The molecule has 1 aromatic carbocycles. The number of carboxylic acid groups (broad SMARTS) is 1. The van der Waals surface area contributed by atoms with Gasteiger partial charge in [-0.2, -0.15) is 0 Å². The fraction of sp³-hybridized carbons (Fsp3) is 0.375. The molecule has 21 heavy (non-hydrogen) atoms. The van der Waals surface area contributed by atoms with Crippen LogP contribution in [0, 0.1) is 0 Å². The Kier molecular flexibility index (Phi) is 5.33. The van der Waals surface area contributed by atoms with Crippen LogP contribution in [0.1, 0.15) is 36.9 Å². The van der Waals surface area contributed by atoms with Gasteiger partial charge < -0.3 is 10.0 Å². The lowest BCUT2D eigenvalue weighted by molar-refractivity contribution is -0.136. The van der Waals surface area contributed by atoms with Crippen molar-refractivity contribution in [3.8, 4) is 0 Å². The van der Waals surface area contributed by atoms with Gasteiger partial charge in [0.1, 0.15) is 0 Å². The molecule has 0 fully saturated rings. The molecule has 0 spiro atoms. The predicted octanol–water partition coefficient (Wildman–Crippen LogP) is 3.75. The normalized spacial score (nSPS) is 10.8. The number of nitrogens with zero attached hydrogens (tertiary/aromatic N) is 2. The van der Waals surface area contributed by atoms with Crippen molar-refractivity contribution in [1.29, 1.82) is 0 Å². The van der Waals surface area contributed by atoms with Crippen LogP contribution in [0.15, 0.2) is 35.7 Å². The molecule has 0 atom stereocenters. The Morgan fingerprint density at radius 1 is 1.33 bits per heavy atom. The number of aromatic nitrogens is 1. The van der Waals surface area contributed by atoms with Crippen molar-refractivity contribution in [3.63, 3.8) is 0 Å². The first-order chi connectivity index (χ1) is 10.1. The van der Waals surface area contributed by atoms with Gasteiger partial charge in [0, 0.05) is 23.5 Å². The number of anilines is 1. The molecule has 0 unspecified atom stereocenters. The van der Waals surface area contributed by atoms with Crippen LogP contribution in [0.3, 0.4) is 0 Å². The number of carbonyl (C=O) groups is 1. The summed E-state index contributed by atoms with van der Waals surface area (Å²) < 4.78 is 0. The van der Waals surface area contributed by atoms with Gasteiger partial charge in [-0.05, 0) is 12.1 Å². The monoisotopic (exact) mass is 304 g/mol. The highest BCUT2D eigenvalue weighted by Gasteiger charge is 2.12. The standard InChI is InChI=1S/C16H20N2O2S/c1-12(2)16-17-13(11-21-16)10-18(9-8-15(19)20)14-6-4-3-5-7-14/h3-7,11-12H,8-10H2,1-2H3,(H,19,20). The Morgan fingerprint density at radius 2 is 2.05 bits per heavy atom. The topological polar surface area (TPSA) is 53.4 Å². The van der Waals surface area contributed by atoms with E-state index in [-0.39, 0.29) is 6.42 Å². The van der Waals surface area contributed by atoms with E-state index in [2.05, 4.69) is 29.1 Å². The number of hydrogen-bond acceptors (Lipinski definition) is 4. The van der Waals surface area contributed by atoms with Gasteiger partial charge in [-0.15, -0.1) is 11.3 Å². The maximum absolute atomic E-state index is 10.8. The quantitative estimate of drug-likeness (QED) is 0.846. The van der Waals surface area contributed by atoms with E-state index in [1.165, 1.54) is 0 Å². The summed E-state index contributed by atoms with van der Waals surface area (Å²) in [6.45, 7) is 5.37. The molecule has 0 aliphatic rings. The summed E-state index contributed by atoms with van der Waals surface area (Å²) in [5, 5.41) is 12.1. The van der Waals surface area contributed by atoms with Gasteiger partial charge in [0.15, 0.2) is 0 Å². The lowest BCUT2D eigenvalue weighted by atomic mass is 10.2. The molecule has 0 radical (unpaired) electrons. The molecular weight excluding hydrogens is 284 g/mol. The van der Waals surface area contributed by atoms with Crippen LogP contribution in [-0.2, 0) is 11.3 Å². The van der Waals surface area contributed by atoms with E-state index in [1.54, 1.807) is 11.3 Å². The van der Waals surface area contributed by atoms with E-state index >= 15 is 0 Å². The summed E-state index contributed by atoms with van der Waals surface area (Å²) in [6, 6.07) is 9.88. The van der Waals surface area contributed by atoms with Crippen molar-refractivity contribution < 1.29 is 9.90 Å². The fourth-order valence-corrected chi connectivity index (χ4v) is 2.85. The van der Waals surface area contributed by atoms with Crippen molar-refractivity contribution in [2.75, 3.05) is 11.4 Å². The third-order valence-electron chi connectivity index (χ3n) is 3.13. The first-order valence-electron chi connectivity index (χ1n) is 7.02. The Bertz CT molecular complexity index is 581. The molecule has 0 saturated carbocycles. The smallest absolute Gasteiger partial charge is 0.305 e. The highest BCUT2D eigenvalue weighted by Crippen LogP contribution is 2.22. The van der Waals surface area contributed by atoms with Crippen LogP contribution >= 0.6 is 11.3 Å². The van der Waals surface area contributed by atoms with Gasteiger partial charge in [0.2, 0.25) is 0 Å². The zero-order valence-electron chi connectivity index (χ0n) is 12.3. The minimum atomic E-state index is -0.780. The molecule has 112 valence electrons. The number of aliphatic carboxylic acids is 1. The molecule has 0 saturated heterocycles. The first-order valence-corrected chi connectivity index (χ1v) is 7.90. The van der Waals surface area contributed by atoms with Crippen LogP contribution in [0.4, 0.5) is 5.69 Å². The van der Waals surface area contributed by atoms with Crippen molar-refractivity contribution in [2.45, 2.75) is 32.7 Å². The zero-order chi connectivity index (χ0) is 15.2. The third kappa shape index (κ3) is 4.56. The molecule has 4 nitrogen and oxygen atoms in total. The Labute approximate surface area is 129 Å². The fourth-order valence-electron chi connectivity index (χ4n) is 2.02. The number of para-hydroxylation sites is 1. The average molecular weight is 304 g/mol. The molecule has 0 aliphatic heterocycles. The predicted molar refractivity (Wildman–Crippen MR) is 85.9 cm³/mol. The number of hydrogen-bond donors (Lipinski definition) is 1. The molecule has 0 bridgehead atoms. The lowest BCUT2D eigenvalue weighted by Gasteiger charge is -2.23. The third-order valence-corrected chi connectivity index (χ3v) is 4.33. The number of rotatable bonds is 7. The van der Waals surface area contributed by atoms with Gasteiger partial charge in [0.05, 0.1) is 23.7 Å². The van der Waals surface area contributed by atoms with E-state index in [9.17, 15) is 4.79 Å². The van der Waals surface area contributed by atoms with Crippen LogP contribution in [0.5, 0.6) is 0 Å². The maximum Gasteiger partial charge on any atom is 0.305 e. The van der Waals surface area contributed by atoms with Crippen molar-refractivity contribution in [1.82, 2.24) is 4.98 Å². The van der Waals surface area contributed by atoms with Crippen LogP contribution < -0.4 is 4.90 Å². The molecular formula is C16H20N2O2S. The van der Waals surface area contributed by atoms with Gasteiger partial charge in [0.25, 0.3) is 0 Å². The number of carboxylic acids is 1. The zero-order valence-corrected chi connectivity index (χ0v) is 13.1. The van der Waals surface area contributed by atoms with Gasteiger partial charge in [-0.3, -0.25) is 4.79 Å². The first kappa shape index (κ1) is 15.5. The summed E-state index contributed by atoms with van der Waals surface area (Å²) in [4.78, 5) is 17.5. The van der Waals surface area contributed by atoms with Gasteiger partial charge in [-0.25, -0.2) is 4.98 Å². The highest BCUT2D eigenvalue weighted by molar-refractivity contribution is 7.09. The summed E-state index contributed by atoms with van der Waals surface area (Å²) in [6.07, 6.45) is 0.121. The Hall–Kier alpha value is -1.88. The summed E-state index contributed by atoms with van der Waals surface area (Å²) in [5.41, 5.74) is 2.02. The van der Waals surface area contributed by atoms with E-state index in [0.717, 1.165) is 16.4 Å². The summed E-state index contributed by atoms with van der Waals surface area (Å²) >= 11 is 1.67. The van der Waals surface area contributed by atoms with Crippen molar-refractivity contribution in [3.05, 3.63) is 46.4 Å². The van der Waals surface area contributed by atoms with E-state index in [0.29, 0.717) is 19.0 Å². The largest absolute Gasteiger partial charge is 0.481 e. The van der Waals surface area contributed by atoms with Crippen LogP contribution in [-0.4, -0.2) is 22.6 Å². The average Bonchev–Trinajstić information content (AvgIpc) is 2.93. The highest BCUT2D eigenvalue weighted by atomic mass is 32.1. The molecule has 2 aromatic rings. The molecule has 1 heterocycles. The second-order valence-corrected chi connectivity index (χ2v) is 6.12. The van der Waals surface area contributed by atoms with E-state index in [1.807, 2.05) is 30.3 Å². The molecule has 0 amide bonds. The molecule has 0 aliphatic carbocycles. The molecule has 2 rings (SSSR count). The van der Waals surface area contributed by atoms with Crippen LogP contribution in [0.25, 0.3) is 0 Å². The molecule has 1 aromatic heterocycles. The van der Waals surface area contributed by atoms with E-state index in [4.69, 9.17) is 5.11 Å². The Balaban J connectivity index is 2.13. The van der Waals surface area contributed by atoms with Crippen molar-refractivity contribution >= 4 is 23.0 Å². The lowest BCUT2D eigenvalue weighted by Crippen LogP contribution is -2.25.